The van der Waals surface area contributed by atoms with Crippen molar-refractivity contribution in [3.8, 4) is 5.75 Å². The first-order valence-electron chi connectivity index (χ1n) is 10.6. The number of rotatable bonds is 19. The third kappa shape index (κ3) is 15.4. The van der Waals surface area contributed by atoms with Crippen molar-refractivity contribution in [1.29, 1.82) is 0 Å². The van der Waals surface area contributed by atoms with Crippen LogP contribution in [0.15, 0.2) is 43.0 Å². The molecule has 0 fully saturated rings. The molecule has 0 amide bonds. The standard InChI is InChI=1S/C22H36O7S/c1-3-17-26-18-13-8-6-4-5-7-12-16-22(29-30(23,24)25)28-20(2)19-27-21-14-10-9-11-15-21/h3,9-11,14-15,20,22H,1,4-8,12-13,16-19H2,2H3,(H,23,24,25). The minimum Gasteiger partial charge on any atom is -0.491 e. The summed E-state index contributed by atoms with van der Waals surface area (Å²) in [6, 6.07) is 9.27. The number of hydrogen-bond acceptors (Lipinski definition) is 6. The molecule has 2 unspecified atom stereocenters. The first-order valence-corrected chi connectivity index (χ1v) is 11.9. The first kappa shape index (κ1) is 26.6. The predicted molar refractivity (Wildman–Crippen MR) is 117 cm³/mol. The molecule has 0 spiro atoms. The Bertz CT molecular complexity index is 649. The van der Waals surface area contributed by atoms with Gasteiger partial charge in [-0.25, -0.2) is 4.18 Å². The zero-order chi connectivity index (χ0) is 22.1. The third-order valence-corrected chi connectivity index (χ3v) is 4.76. The van der Waals surface area contributed by atoms with Crippen LogP contribution in [-0.2, 0) is 24.1 Å². The van der Waals surface area contributed by atoms with Crippen molar-refractivity contribution < 1.29 is 31.4 Å². The number of unbranched alkanes of at least 4 members (excludes halogenated alkanes) is 6. The number of para-hydroxylation sites is 1. The summed E-state index contributed by atoms with van der Waals surface area (Å²) in [5.74, 6) is 0.701. The quantitative estimate of drug-likeness (QED) is 0.140. The van der Waals surface area contributed by atoms with Gasteiger partial charge in [-0.3, -0.25) is 4.55 Å². The average Bonchev–Trinajstić information content (AvgIpc) is 2.70. The summed E-state index contributed by atoms with van der Waals surface area (Å²) in [6.45, 7) is 6.99. The Labute approximate surface area is 181 Å². The van der Waals surface area contributed by atoms with Crippen molar-refractivity contribution >= 4 is 10.4 Å². The normalized spacial score (nSPS) is 13.7. The summed E-state index contributed by atoms with van der Waals surface area (Å²) < 4.78 is 52.5. The topological polar surface area (TPSA) is 91.3 Å². The summed E-state index contributed by atoms with van der Waals surface area (Å²) in [4.78, 5) is 0. The Morgan fingerprint density at radius 1 is 1.03 bits per heavy atom. The van der Waals surface area contributed by atoms with Crippen LogP contribution in [-0.4, -0.2) is 45.2 Å². The fourth-order valence-corrected chi connectivity index (χ4v) is 3.28. The van der Waals surface area contributed by atoms with Gasteiger partial charge in [-0.2, -0.15) is 8.42 Å². The molecule has 0 aliphatic carbocycles. The van der Waals surface area contributed by atoms with E-state index in [2.05, 4.69) is 10.8 Å². The van der Waals surface area contributed by atoms with E-state index in [1.54, 1.807) is 13.0 Å². The summed E-state index contributed by atoms with van der Waals surface area (Å²) in [5, 5.41) is 0. The molecule has 0 aromatic heterocycles. The van der Waals surface area contributed by atoms with Gasteiger partial charge in [-0.05, 0) is 38.3 Å². The van der Waals surface area contributed by atoms with Gasteiger partial charge < -0.3 is 14.2 Å². The fraction of sp³-hybridized carbons (Fsp3) is 0.636. The second-order valence-corrected chi connectivity index (χ2v) is 8.20. The summed E-state index contributed by atoms with van der Waals surface area (Å²) in [7, 11) is -4.58. The Morgan fingerprint density at radius 2 is 1.67 bits per heavy atom. The minimum absolute atomic E-state index is 0.242. The molecular weight excluding hydrogens is 408 g/mol. The highest BCUT2D eigenvalue weighted by atomic mass is 32.3. The first-order chi connectivity index (χ1) is 14.4. The van der Waals surface area contributed by atoms with Crippen LogP contribution in [0.25, 0.3) is 0 Å². The lowest BCUT2D eigenvalue weighted by Crippen LogP contribution is -2.29. The average molecular weight is 445 g/mol. The van der Waals surface area contributed by atoms with Gasteiger partial charge >= 0.3 is 10.4 Å². The van der Waals surface area contributed by atoms with Crippen molar-refractivity contribution in [2.24, 2.45) is 0 Å². The lowest BCUT2D eigenvalue weighted by atomic mass is 10.1. The van der Waals surface area contributed by atoms with E-state index in [9.17, 15) is 8.42 Å². The van der Waals surface area contributed by atoms with E-state index < -0.39 is 22.8 Å². The maximum absolute atomic E-state index is 11.1. The molecule has 1 aromatic carbocycles. The highest BCUT2D eigenvalue weighted by Crippen LogP contribution is 2.16. The Kier molecular flexibility index (Phi) is 14.4. The highest BCUT2D eigenvalue weighted by molar-refractivity contribution is 7.80. The molecule has 7 nitrogen and oxygen atoms in total. The van der Waals surface area contributed by atoms with Gasteiger partial charge in [0.25, 0.3) is 0 Å². The van der Waals surface area contributed by atoms with Gasteiger partial charge in [0.05, 0.1) is 12.7 Å². The number of benzene rings is 1. The molecule has 0 saturated carbocycles. The van der Waals surface area contributed by atoms with E-state index in [1.165, 1.54) is 0 Å². The lowest BCUT2D eigenvalue weighted by molar-refractivity contribution is -0.127. The Morgan fingerprint density at radius 3 is 2.30 bits per heavy atom. The van der Waals surface area contributed by atoms with E-state index in [-0.39, 0.29) is 6.61 Å². The Hall–Kier alpha value is -1.45. The largest absolute Gasteiger partial charge is 0.491 e. The van der Waals surface area contributed by atoms with Crippen LogP contribution in [0.2, 0.25) is 0 Å². The van der Waals surface area contributed by atoms with Gasteiger partial charge in [-0.15, -0.1) is 6.58 Å². The van der Waals surface area contributed by atoms with Gasteiger partial charge in [0.2, 0.25) is 0 Å². The molecule has 1 aromatic rings. The van der Waals surface area contributed by atoms with Crippen molar-refractivity contribution in [3.05, 3.63) is 43.0 Å². The highest BCUT2D eigenvalue weighted by Gasteiger charge is 2.20. The van der Waals surface area contributed by atoms with Crippen molar-refractivity contribution in [3.63, 3.8) is 0 Å². The SMILES string of the molecule is C=CCOCCCCCCCCCC(OC(C)COc1ccccc1)OS(=O)(=O)O. The maximum atomic E-state index is 11.1. The van der Waals surface area contributed by atoms with Gasteiger partial charge in [-0.1, -0.05) is 56.4 Å². The molecule has 1 rings (SSSR count). The molecule has 172 valence electrons. The van der Waals surface area contributed by atoms with Crippen LogP contribution in [0.1, 0.15) is 58.3 Å². The molecule has 8 heteroatoms. The van der Waals surface area contributed by atoms with Crippen LogP contribution < -0.4 is 4.74 Å². The maximum Gasteiger partial charge on any atom is 0.399 e. The van der Waals surface area contributed by atoms with Crippen LogP contribution in [0.4, 0.5) is 0 Å². The van der Waals surface area contributed by atoms with Crippen LogP contribution >= 0.6 is 0 Å². The van der Waals surface area contributed by atoms with E-state index in [1.807, 2.05) is 30.3 Å². The summed E-state index contributed by atoms with van der Waals surface area (Å²) in [5.41, 5.74) is 0. The zero-order valence-electron chi connectivity index (χ0n) is 17.9. The summed E-state index contributed by atoms with van der Waals surface area (Å²) in [6.07, 6.45) is 7.88. The van der Waals surface area contributed by atoms with Crippen molar-refractivity contribution in [2.45, 2.75) is 70.7 Å². The van der Waals surface area contributed by atoms with Gasteiger partial charge in [0.1, 0.15) is 12.4 Å². The van der Waals surface area contributed by atoms with E-state index >= 15 is 0 Å². The smallest absolute Gasteiger partial charge is 0.399 e. The molecule has 0 radical (unpaired) electrons. The zero-order valence-corrected chi connectivity index (χ0v) is 18.7. The fourth-order valence-electron chi connectivity index (χ4n) is 2.87. The second-order valence-electron chi connectivity index (χ2n) is 7.15. The monoisotopic (exact) mass is 444 g/mol. The predicted octanol–water partition coefficient (Wildman–Crippen LogP) is 4.94. The number of hydrogen-bond donors (Lipinski definition) is 1. The molecule has 0 aliphatic rings. The van der Waals surface area contributed by atoms with E-state index in [0.717, 1.165) is 51.6 Å². The van der Waals surface area contributed by atoms with Crippen LogP contribution in [0.3, 0.4) is 0 Å². The van der Waals surface area contributed by atoms with Crippen LogP contribution in [0, 0.1) is 0 Å². The van der Waals surface area contributed by atoms with Gasteiger partial charge in [0, 0.05) is 6.61 Å². The molecule has 1 N–H and O–H groups in total. The Balaban J connectivity index is 2.21. The summed E-state index contributed by atoms with van der Waals surface area (Å²) >= 11 is 0. The third-order valence-electron chi connectivity index (χ3n) is 4.31. The van der Waals surface area contributed by atoms with E-state index in [0.29, 0.717) is 18.8 Å². The number of ether oxygens (including phenoxy) is 3. The second kappa shape index (κ2) is 16.3. The molecule has 0 aliphatic heterocycles. The van der Waals surface area contributed by atoms with Crippen LogP contribution in [0.5, 0.6) is 5.75 Å². The molecule has 2 atom stereocenters. The van der Waals surface area contributed by atoms with Gasteiger partial charge in [0.15, 0.2) is 6.29 Å². The molecule has 0 saturated heterocycles. The molecule has 0 heterocycles. The molecule has 0 bridgehead atoms. The van der Waals surface area contributed by atoms with E-state index in [4.69, 9.17) is 18.8 Å². The molecule has 30 heavy (non-hydrogen) atoms. The van der Waals surface area contributed by atoms with Crippen molar-refractivity contribution in [1.82, 2.24) is 0 Å². The minimum atomic E-state index is -4.58. The molecular formula is C22H36O7S. The lowest BCUT2D eigenvalue weighted by Gasteiger charge is -2.21. The van der Waals surface area contributed by atoms with Crippen molar-refractivity contribution in [2.75, 3.05) is 19.8 Å².